The molecule has 0 N–H and O–H groups in total. The highest BCUT2D eigenvalue weighted by Crippen LogP contribution is 2.14. The van der Waals surface area contributed by atoms with Crippen molar-refractivity contribution in [3.63, 3.8) is 0 Å². The van der Waals surface area contributed by atoms with Gasteiger partial charge in [0.1, 0.15) is 12.4 Å². The number of hydrogen-bond donors (Lipinski definition) is 0. The van der Waals surface area contributed by atoms with Crippen LogP contribution in [0.4, 0.5) is 0 Å². The third kappa shape index (κ3) is 5.40. The second-order valence-electron chi connectivity index (χ2n) is 3.76. The predicted octanol–water partition coefficient (Wildman–Crippen LogP) is 1.91. The van der Waals surface area contributed by atoms with Gasteiger partial charge in [-0.2, -0.15) is 5.26 Å². The number of ether oxygens (including phenoxy) is 3. The molecule has 0 fully saturated rings. The molecule has 1 aromatic carbocycles. The van der Waals surface area contributed by atoms with E-state index in [1.807, 2.05) is 13.0 Å². The molecule has 1 atom stereocenters. The molecule has 5 heteroatoms. The predicted molar refractivity (Wildman–Crippen MR) is 68.7 cm³/mol. The zero-order valence-corrected chi connectivity index (χ0v) is 11.1. The van der Waals surface area contributed by atoms with Crippen LogP contribution in [0.15, 0.2) is 24.3 Å². The van der Waals surface area contributed by atoms with Gasteiger partial charge in [-0.1, -0.05) is 6.07 Å². The van der Waals surface area contributed by atoms with Crippen LogP contribution in [0, 0.1) is 11.3 Å². The zero-order chi connectivity index (χ0) is 14.1. The van der Waals surface area contributed by atoms with Gasteiger partial charge in [-0.15, -0.1) is 0 Å². The average molecular weight is 263 g/mol. The minimum Gasteiger partial charge on any atom is -0.479 e. The van der Waals surface area contributed by atoms with Crippen LogP contribution < -0.4 is 4.74 Å². The summed E-state index contributed by atoms with van der Waals surface area (Å²) in [6, 6.07) is 8.62. The molecule has 0 aliphatic heterocycles. The molecule has 0 heterocycles. The Morgan fingerprint density at radius 2 is 2.21 bits per heavy atom. The molecule has 0 bridgehead atoms. The van der Waals surface area contributed by atoms with Gasteiger partial charge in [0, 0.05) is 6.61 Å². The molecule has 0 saturated heterocycles. The van der Waals surface area contributed by atoms with Crippen LogP contribution in [0.25, 0.3) is 0 Å². The van der Waals surface area contributed by atoms with Crippen LogP contribution in [-0.2, 0) is 14.3 Å². The van der Waals surface area contributed by atoms with Gasteiger partial charge in [-0.05, 0) is 32.0 Å². The van der Waals surface area contributed by atoms with E-state index in [4.69, 9.17) is 19.5 Å². The van der Waals surface area contributed by atoms with Crippen molar-refractivity contribution in [2.75, 3.05) is 19.8 Å². The summed E-state index contributed by atoms with van der Waals surface area (Å²) in [7, 11) is 0. The summed E-state index contributed by atoms with van der Waals surface area (Å²) in [6.45, 7) is 4.64. The first kappa shape index (κ1) is 15.0. The van der Waals surface area contributed by atoms with Gasteiger partial charge in [0.05, 0.1) is 18.2 Å². The van der Waals surface area contributed by atoms with Crippen LogP contribution in [0.1, 0.15) is 19.4 Å². The molecule has 0 saturated carbocycles. The number of carbonyl (C=O) groups is 1. The van der Waals surface area contributed by atoms with Gasteiger partial charge >= 0.3 is 5.97 Å². The molecule has 1 unspecified atom stereocenters. The van der Waals surface area contributed by atoms with Crippen molar-refractivity contribution in [1.82, 2.24) is 0 Å². The quantitative estimate of drug-likeness (QED) is 0.555. The Morgan fingerprint density at radius 3 is 2.89 bits per heavy atom. The van der Waals surface area contributed by atoms with Gasteiger partial charge in [-0.25, -0.2) is 4.79 Å². The molecule has 0 aromatic heterocycles. The molecule has 0 amide bonds. The van der Waals surface area contributed by atoms with Crippen molar-refractivity contribution in [3.05, 3.63) is 29.8 Å². The first-order valence-electron chi connectivity index (χ1n) is 6.08. The Morgan fingerprint density at radius 1 is 1.42 bits per heavy atom. The molecule has 5 nitrogen and oxygen atoms in total. The Hall–Kier alpha value is -2.06. The Kier molecular flexibility index (Phi) is 6.41. The van der Waals surface area contributed by atoms with Crippen LogP contribution in [0.3, 0.4) is 0 Å². The van der Waals surface area contributed by atoms with Crippen molar-refractivity contribution < 1.29 is 19.0 Å². The smallest absolute Gasteiger partial charge is 0.347 e. The highest BCUT2D eigenvalue weighted by molar-refractivity contribution is 5.74. The molecular formula is C14H17NO4. The second-order valence-corrected chi connectivity index (χ2v) is 3.76. The fraction of sp³-hybridized carbons (Fsp3) is 0.429. The van der Waals surface area contributed by atoms with Gasteiger partial charge in [0.25, 0.3) is 0 Å². The average Bonchev–Trinajstić information content (AvgIpc) is 2.43. The van der Waals surface area contributed by atoms with E-state index in [-0.39, 0.29) is 6.61 Å². The standard InChI is InChI=1S/C14H17NO4/c1-3-17-7-8-18-14(16)11(2)19-13-6-4-5-12(9-13)10-15/h4-6,9,11H,3,7-8H2,1-2H3. The monoisotopic (exact) mass is 263 g/mol. The molecule has 0 aliphatic carbocycles. The summed E-state index contributed by atoms with van der Waals surface area (Å²) < 4.78 is 15.4. The van der Waals surface area contributed by atoms with E-state index in [0.29, 0.717) is 24.5 Å². The second kappa shape index (κ2) is 8.11. The minimum atomic E-state index is -0.726. The fourth-order valence-corrected chi connectivity index (χ4v) is 1.35. The van der Waals surface area contributed by atoms with Crippen LogP contribution >= 0.6 is 0 Å². The van der Waals surface area contributed by atoms with Crippen molar-refractivity contribution in [1.29, 1.82) is 5.26 Å². The summed E-state index contributed by atoms with van der Waals surface area (Å²) in [6.07, 6.45) is -0.726. The molecule has 0 spiro atoms. The number of nitriles is 1. The van der Waals surface area contributed by atoms with Gasteiger partial charge in [-0.3, -0.25) is 0 Å². The fourth-order valence-electron chi connectivity index (χ4n) is 1.35. The minimum absolute atomic E-state index is 0.207. The van der Waals surface area contributed by atoms with E-state index < -0.39 is 12.1 Å². The van der Waals surface area contributed by atoms with E-state index in [0.717, 1.165) is 0 Å². The topological polar surface area (TPSA) is 68.6 Å². The maximum Gasteiger partial charge on any atom is 0.347 e. The number of hydrogen-bond acceptors (Lipinski definition) is 5. The summed E-state index contributed by atoms with van der Waals surface area (Å²) in [5.41, 5.74) is 0.481. The third-order valence-electron chi connectivity index (χ3n) is 2.28. The summed E-state index contributed by atoms with van der Waals surface area (Å²) in [5.74, 6) is 0.00960. The highest BCUT2D eigenvalue weighted by Gasteiger charge is 2.16. The van der Waals surface area contributed by atoms with E-state index in [2.05, 4.69) is 0 Å². The number of nitrogens with zero attached hydrogens (tertiary/aromatic N) is 1. The first-order chi connectivity index (χ1) is 9.17. The lowest BCUT2D eigenvalue weighted by Gasteiger charge is -2.14. The molecular weight excluding hydrogens is 246 g/mol. The van der Waals surface area contributed by atoms with Crippen molar-refractivity contribution in [2.45, 2.75) is 20.0 Å². The van der Waals surface area contributed by atoms with E-state index in [9.17, 15) is 4.79 Å². The highest BCUT2D eigenvalue weighted by atomic mass is 16.6. The molecule has 0 radical (unpaired) electrons. The first-order valence-corrected chi connectivity index (χ1v) is 6.08. The lowest BCUT2D eigenvalue weighted by molar-refractivity contribution is -0.152. The number of rotatable bonds is 7. The zero-order valence-electron chi connectivity index (χ0n) is 11.1. The largest absolute Gasteiger partial charge is 0.479 e. The maximum atomic E-state index is 11.6. The lowest BCUT2D eigenvalue weighted by Crippen LogP contribution is -2.27. The summed E-state index contributed by atoms with van der Waals surface area (Å²) in [4.78, 5) is 11.6. The van der Waals surface area contributed by atoms with Gasteiger partial charge < -0.3 is 14.2 Å². The van der Waals surface area contributed by atoms with Crippen molar-refractivity contribution in [2.24, 2.45) is 0 Å². The van der Waals surface area contributed by atoms with Gasteiger partial charge in [0.15, 0.2) is 6.10 Å². The van der Waals surface area contributed by atoms with Crippen molar-refractivity contribution >= 4 is 5.97 Å². The molecule has 1 rings (SSSR count). The molecule has 1 aromatic rings. The Labute approximate surface area is 112 Å². The summed E-state index contributed by atoms with van der Waals surface area (Å²) in [5, 5.41) is 8.76. The van der Waals surface area contributed by atoms with Gasteiger partial charge in [0.2, 0.25) is 0 Å². The van der Waals surface area contributed by atoms with Crippen LogP contribution in [0.2, 0.25) is 0 Å². The molecule has 102 valence electrons. The van der Waals surface area contributed by atoms with Crippen LogP contribution in [0.5, 0.6) is 5.75 Å². The Bertz CT molecular complexity index is 453. The number of carbonyl (C=O) groups excluding carboxylic acids is 1. The van der Waals surface area contributed by atoms with E-state index >= 15 is 0 Å². The maximum absolute atomic E-state index is 11.6. The van der Waals surface area contributed by atoms with E-state index in [1.165, 1.54) is 0 Å². The lowest BCUT2D eigenvalue weighted by atomic mass is 10.2. The van der Waals surface area contributed by atoms with Crippen LogP contribution in [-0.4, -0.2) is 31.9 Å². The normalized spacial score (nSPS) is 11.4. The Balaban J connectivity index is 2.43. The van der Waals surface area contributed by atoms with Crippen molar-refractivity contribution in [3.8, 4) is 11.8 Å². The third-order valence-corrected chi connectivity index (χ3v) is 2.28. The number of benzene rings is 1. The van der Waals surface area contributed by atoms with E-state index in [1.54, 1.807) is 31.2 Å². The molecule has 0 aliphatic rings. The summed E-state index contributed by atoms with van der Waals surface area (Å²) >= 11 is 0. The molecule has 19 heavy (non-hydrogen) atoms. The number of esters is 1. The SMILES string of the molecule is CCOCCOC(=O)C(C)Oc1cccc(C#N)c1.